The van der Waals surface area contributed by atoms with Crippen molar-refractivity contribution >= 4 is 28.4 Å². The normalized spacial score (nSPS) is 16.2. The second kappa shape index (κ2) is 8.31. The summed E-state index contributed by atoms with van der Waals surface area (Å²) in [5, 5.41) is 4.34. The maximum Gasteiger partial charge on any atom is 0.267 e. The molecule has 0 saturated carbocycles. The van der Waals surface area contributed by atoms with Crippen molar-refractivity contribution in [3.8, 4) is 0 Å². The molecule has 0 bridgehead atoms. The van der Waals surface area contributed by atoms with Crippen LogP contribution in [0.1, 0.15) is 22.1 Å². The monoisotopic (exact) mass is 401 g/mol. The number of carbonyl (C=O) groups excluding carboxylic acids is 1. The predicted octanol–water partition coefficient (Wildman–Crippen LogP) is 3.76. The predicted molar refractivity (Wildman–Crippen MR) is 107 cm³/mol. The molecule has 0 unspecified atom stereocenters. The van der Waals surface area contributed by atoms with Crippen molar-refractivity contribution in [3.63, 3.8) is 0 Å². The zero-order chi connectivity index (χ0) is 19.5. The Morgan fingerprint density at radius 1 is 1.21 bits per heavy atom. The second-order valence-corrected chi connectivity index (χ2v) is 7.22. The first-order valence-electron chi connectivity index (χ1n) is 9.24. The number of carbonyl (C=O) groups is 1. The van der Waals surface area contributed by atoms with Gasteiger partial charge < -0.3 is 15.0 Å². The highest BCUT2D eigenvalue weighted by Gasteiger charge is 2.25. The number of rotatable bonds is 5. The molecule has 2 heterocycles. The van der Waals surface area contributed by atoms with Gasteiger partial charge in [0, 0.05) is 35.6 Å². The van der Waals surface area contributed by atoms with Gasteiger partial charge in [0.2, 0.25) is 0 Å². The fourth-order valence-corrected chi connectivity index (χ4v) is 3.84. The number of ether oxygens (including phenoxy) is 1. The first-order chi connectivity index (χ1) is 13.6. The van der Waals surface area contributed by atoms with Gasteiger partial charge in [-0.05, 0) is 35.9 Å². The van der Waals surface area contributed by atoms with E-state index in [0.717, 1.165) is 24.2 Å². The zero-order valence-corrected chi connectivity index (χ0v) is 16.0. The van der Waals surface area contributed by atoms with Crippen LogP contribution in [0.4, 0.5) is 4.39 Å². The molecule has 1 fully saturated rings. The molecule has 4 rings (SSSR count). The number of hydrogen-bond acceptors (Lipinski definition) is 3. The summed E-state index contributed by atoms with van der Waals surface area (Å²) < 4.78 is 18.8. The van der Waals surface area contributed by atoms with Gasteiger partial charge in [-0.1, -0.05) is 29.8 Å². The molecule has 1 aromatic heterocycles. The van der Waals surface area contributed by atoms with Gasteiger partial charge in [-0.25, -0.2) is 4.39 Å². The third kappa shape index (κ3) is 4.04. The number of amides is 1. The Balaban J connectivity index is 1.52. The maximum atomic E-state index is 13.4. The van der Waals surface area contributed by atoms with E-state index in [2.05, 4.69) is 15.2 Å². The minimum atomic E-state index is -0.329. The van der Waals surface area contributed by atoms with E-state index >= 15 is 0 Å². The van der Waals surface area contributed by atoms with Gasteiger partial charge in [-0.15, -0.1) is 0 Å². The standard InChI is InChI=1S/C21H21ClFN3O2/c22-17-4-2-1-3-16(17)20(26-7-9-28-10-8-26)13-24-21(27)19-12-14-11-15(23)5-6-18(14)25-19/h1-6,11-12,20,25H,7-10,13H2,(H,24,27)/t20-/m0/s1. The molecule has 1 aliphatic heterocycles. The van der Waals surface area contributed by atoms with E-state index in [9.17, 15) is 9.18 Å². The van der Waals surface area contributed by atoms with Crippen molar-refractivity contribution < 1.29 is 13.9 Å². The van der Waals surface area contributed by atoms with Gasteiger partial charge in [-0.2, -0.15) is 0 Å². The van der Waals surface area contributed by atoms with Crippen molar-refractivity contribution in [2.75, 3.05) is 32.8 Å². The molecule has 0 spiro atoms. The Hall–Kier alpha value is -2.41. The molecule has 1 amide bonds. The topological polar surface area (TPSA) is 57.4 Å². The largest absolute Gasteiger partial charge is 0.379 e. The Kier molecular flexibility index (Phi) is 5.62. The van der Waals surface area contributed by atoms with Crippen molar-refractivity contribution in [1.82, 2.24) is 15.2 Å². The summed E-state index contributed by atoms with van der Waals surface area (Å²) in [5.41, 5.74) is 2.10. The van der Waals surface area contributed by atoms with Crippen molar-refractivity contribution in [2.45, 2.75) is 6.04 Å². The van der Waals surface area contributed by atoms with Crippen LogP contribution in [0.3, 0.4) is 0 Å². The van der Waals surface area contributed by atoms with Gasteiger partial charge in [0.05, 0.1) is 19.3 Å². The smallest absolute Gasteiger partial charge is 0.267 e. The van der Waals surface area contributed by atoms with Crippen LogP contribution in [0.15, 0.2) is 48.5 Å². The number of hydrogen-bond donors (Lipinski definition) is 2. The summed E-state index contributed by atoms with van der Waals surface area (Å²) in [7, 11) is 0. The number of nitrogens with one attached hydrogen (secondary N) is 2. The molecule has 5 nitrogen and oxygen atoms in total. The van der Waals surface area contributed by atoms with Crippen molar-refractivity contribution in [3.05, 3.63) is 70.6 Å². The SMILES string of the molecule is O=C(NC[C@@H](c1ccccc1Cl)N1CCOCC1)c1cc2cc(F)ccc2[nH]1. The molecule has 28 heavy (non-hydrogen) atoms. The molecule has 2 N–H and O–H groups in total. The van der Waals surface area contributed by atoms with E-state index < -0.39 is 0 Å². The molecule has 1 atom stereocenters. The summed E-state index contributed by atoms with van der Waals surface area (Å²) in [5.74, 6) is -0.563. The highest BCUT2D eigenvalue weighted by atomic mass is 35.5. The molecule has 0 radical (unpaired) electrons. The minimum absolute atomic E-state index is 0.0524. The fourth-order valence-electron chi connectivity index (χ4n) is 3.58. The Bertz CT molecular complexity index is 985. The Morgan fingerprint density at radius 3 is 2.79 bits per heavy atom. The second-order valence-electron chi connectivity index (χ2n) is 6.81. The Labute approximate surface area is 167 Å². The van der Waals surface area contributed by atoms with Crippen LogP contribution in [0.2, 0.25) is 5.02 Å². The maximum absolute atomic E-state index is 13.4. The molecule has 3 aromatic rings. The summed E-state index contributed by atoms with van der Waals surface area (Å²) in [6, 6.07) is 13.7. The van der Waals surface area contributed by atoms with Crippen LogP contribution in [-0.4, -0.2) is 48.6 Å². The summed E-state index contributed by atoms with van der Waals surface area (Å²) in [4.78, 5) is 18.0. The van der Waals surface area contributed by atoms with E-state index in [1.54, 1.807) is 12.1 Å². The van der Waals surface area contributed by atoms with Crippen LogP contribution >= 0.6 is 11.6 Å². The number of fused-ring (bicyclic) bond motifs is 1. The van der Waals surface area contributed by atoms with Crippen LogP contribution in [0.25, 0.3) is 10.9 Å². The molecule has 146 valence electrons. The quantitative estimate of drug-likeness (QED) is 0.684. The number of aromatic amines is 1. The molecule has 0 aliphatic carbocycles. The zero-order valence-electron chi connectivity index (χ0n) is 15.3. The number of halogens is 2. The lowest BCUT2D eigenvalue weighted by molar-refractivity contribution is 0.0162. The summed E-state index contributed by atoms with van der Waals surface area (Å²) in [6.45, 7) is 3.27. The molecular formula is C21H21ClFN3O2. The van der Waals surface area contributed by atoms with E-state index in [0.29, 0.717) is 35.9 Å². The first kappa shape index (κ1) is 18.9. The Morgan fingerprint density at radius 2 is 2.00 bits per heavy atom. The number of nitrogens with zero attached hydrogens (tertiary/aromatic N) is 1. The lowest BCUT2D eigenvalue weighted by Gasteiger charge is -2.35. The number of benzene rings is 2. The fraction of sp³-hybridized carbons (Fsp3) is 0.286. The van der Waals surface area contributed by atoms with Crippen LogP contribution < -0.4 is 5.32 Å². The highest BCUT2D eigenvalue weighted by Crippen LogP contribution is 2.28. The first-order valence-corrected chi connectivity index (χ1v) is 9.62. The molecule has 7 heteroatoms. The molecule has 1 aliphatic rings. The average Bonchev–Trinajstić information content (AvgIpc) is 3.13. The number of morpholine rings is 1. The minimum Gasteiger partial charge on any atom is -0.379 e. The molecule has 2 aromatic carbocycles. The lowest BCUT2D eigenvalue weighted by Crippen LogP contribution is -2.44. The molecule has 1 saturated heterocycles. The molecular weight excluding hydrogens is 381 g/mol. The number of H-pyrrole nitrogens is 1. The average molecular weight is 402 g/mol. The number of aromatic nitrogens is 1. The lowest BCUT2D eigenvalue weighted by atomic mass is 10.0. The van der Waals surface area contributed by atoms with Gasteiger partial charge in [0.15, 0.2) is 0 Å². The van der Waals surface area contributed by atoms with Crippen molar-refractivity contribution in [1.29, 1.82) is 0 Å². The van der Waals surface area contributed by atoms with Crippen LogP contribution in [-0.2, 0) is 4.74 Å². The van der Waals surface area contributed by atoms with E-state index in [1.165, 1.54) is 12.1 Å². The van der Waals surface area contributed by atoms with Crippen molar-refractivity contribution in [2.24, 2.45) is 0 Å². The van der Waals surface area contributed by atoms with Gasteiger partial charge >= 0.3 is 0 Å². The summed E-state index contributed by atoms with van der Waals surface area (Å²) >= 11 is 6.43. The van der Waals surface area contributed by atoms with E-state index in [1.807, 2.05) is 24.3 Å². The van der Waals surface area contributed by atoms with Gasteiger partial charge in [-0.3, -0.25) is 9.69 Å². The summed E-state index contributed by atoms with van der Waals surface area (Å²) in [6.07, 6.45) is 0. The third-order valence-corrected chi connectivity index (χ3v) is 5.38. The van der Waals surface area contributed by atoms with Gasteiger partial charge in [0.1, 0.15) is 11.5 Å². The van der Waals surface area contributed by atoms with E-state index in [-0.39, 0.29) is 17.8 Å². The third-order valence-electron chi connectivity index (χ3n) is 5.03. The van der Waals surface area contributed by atoms with Crippen LogP contribution in [0, 0.1) is 5.82 Å². The highest BCUT2D eigenvalue weighted by molar-refractivity contribution is 6.31. The van der Waals surface area contributed by atoms with E-state index in [4.69, 9.17) is 16.3 Å². The van der Waals surface area contributed by atoms with Crippen LogP contribution in [0.5, 0.6) is 0 Å². The van der Waals surface area contributed by atoms with Gasteiger partial charge in [0.25, 0.3) is 5.91 Å².